The van der Waals surface area contributed by atoms with Crippen LogP contribution in [0.25, 0.3) is 11.3 Å². The van der Waals surface area contributed by atoms with Gasteiger partial charge in [-0.3, -0.25) is 4.68 Å². The molecule has 0 aliphatic heterocycles. The molecule has 1 aromatic carbocycles. The van der Waals surface area contributed by atoms with Crippen LogP contribution >= 0.6 is 15.9 Å². The molecule has 0 radical (unpaired) electrons. The van der Waals surface area contributed by atoms with Crippen molar-refractivity contribution in [3.63, 3.8) is 0 Å². The minimum absolute atomic E-state index is 0.496. The Morgan fingerprint density at radius 2 is 2.25 bits per heavy atom. The molecule has 3 rings (SSSR count). The molecule has 0 bridgehead atoms. The zero-order valence-electron chi connectivity index (χ0n) is 10.8. The maximum absolute atomic E-state index is 5.74. The summed E-state index contributed by atoms with van der Waals surface area (Å²) >= 11 is 3.36. The van der Waals surface area contributed by atoms with Gasteiger partial charge >= 0.3 is 0 Å². The normalized spacial score (nSPS) is 10.7. The van der Waals surface area contributed by atoms with E-state index in [1.54, 1.807) is 24.2 Å². The minimum atomic E-state index is 0.496. The van der Waals surface area contributed by atoms with E-state index >= 15 is 0 Å². The summed E-state index contributed by atoms with van der Waals surface area (Å²) in [6.45, 7) is 0.496. The van der Waals surface area contributed by atoms with Crippen LogP contribution in [0.5, 0.6) is 5.75 Å². The van der Waals surface area contributed by atoms with Gasteiger partial charge in [-0.1, -0.05) is 12.1 Å². The standard InChI is InChI=1S/C14H12BrN3O2/c1-19-12-4-2-3-10(5-12)13-7-16-14(20-13)9-18-8-11(15)6-17-18/h2-8H,9H2,1H3. The fourth-order valence-electron chi connectivity index (χ4n) is 1.86. The van der Waals surface area contributed by atoms with Crippen molar-refractivity contribution >= 4 is 15.9 Å². The second-order valence-electron chi connectivity index (χ2n) is 4.21. The molecule has 0 amide bonds. The van der Waals surface area contributed by atoms with Crippen LogP contribution in [-0.2, 0) is 6.54 Å². The lowest BCUT2D eigenvalue weighted by Crippen LogP contribution is -1.99. The van der Waals surface area contributed by atoms with Crippen molar-refractivity contribution in [1.29, 1.82) is 0 Å². The van der Waals surface area contributed by atoms with Crippen molar-refractivity contribution < 1.29 is 9.15 Å². The van der Waals surface area contributed by atoms with Gasteiger partial charge in [-0.25, -0.2) is 4.98 Å². The molecule has 0 atom stereocenters. The van der Waals surface area contributed by atoms with Crippen LogP contribution in [0.2, 0.25) is 0 Å². The second-order valence-corrected chi connectivity index (χ2v) is 5.12. The Morgan fingerprint density at radius 3 is 3.00 bits per heavy atom. The number of halogens is 1. The van der Waals surface area contributed by atoms with Crippen molar-refractivity contribution in [1.82, 2.24) is 14.8 Å². The highest BCUT2D eigenvalue weighted by Crippen LogP contribution is 2.24. The molecule has 0 fully saturated rings. The third kappa shape index (κ3) is 2.75. The van der Waals surface area contributed by atoms with E-state index in [1.165, 1.54) is 0 Å². The van der Waals surface area contributed by atoms with E-state index in [0.29, 0.717) is 18.2 Å². The smallest absolute Gasteiger partial charge is 0.216 e. The third-order valence-corrected chi connectivity index (χ3v) is 3.22. The first-order valence-corrected chi connectivity index (χ1v) is 6.81. The Hall–Kier alpha value is -2.08. The summed E-state index contributed by atoms with van der Waals surface area (Å²) < 4.78 is 13.6. The van der Waals surface area contributed by atoms with E-state index in [-0.39, 0.29) is 0 Å². The van der Waals surface area contributed by atoms with Crippen LogP contribution in [0.3, 0.4) is 0 Å². The zero-order chi connectivity index (χ0) is 13.9. The molecule has 0 saturated heterocycles. The van der Waals surface area contributed by atoms with Gasteiger partial charge in [0.2, 0.25) is 5.89 Å². The van der Waals surface area contributed by atoms with Gasteiger partial charge in [-0.2, -0.15) is 5.10 Å². The Balaban J connectivity index is 1.82. The van der Waals surface area contributed by atoms with Crippen molar-refractivity contribution in [3.05, 3.63) is 53.2 Å². The van der Waals surface area contributed by atoms with Gasteiger partial charge in [-0.05, 0) is 28.1 Å². The number of ether oxygens (including phenoxy) is 1. The predicted molar refractivity (Wildman–Crippen MR) is 77.5 cm³/mol. The molecule has 0 unspecified atom stereocenters. The van der Waals surface area contributed by atoms with E-state index in [0.717, 1.165) is 15.8 Å². The molecule has 20 heavy (non-hydrogen) atoms. The Kier molecular flexibility index (Phi) is 3.56. The summed E-state index contributed by atoms with van der Waals surface area (Å²) in [5, 5.41) is 4.17. The summed E-state index contributed by atoms with van der Waals surface area (Å²) in [5.74, 6) is 2.11. The fourth-order valence-corrected chi connectivity index (χ4v) is 2.18. The molecule has 0 N–H and O–H groups in total. The van der Waals surface area contributed by atoms with Crippen LogP contribution in [0.15, 0.2) is 51.7 Å². The summed E-state index contributed by atoms with van der Waals surface area (Å²) in [6, 6.07) is 7.68. The highest BCUT2D eigenvalue weighted by Gasteiger charge is 2.08. The lowest BCUT2D eigenvalue weighted by Gasteiger charge is -2.01. The molecule has 2 aromatic heterocycles. The molecule has 5 nitrogen and oxygen atoms in total. The number of rotatable bonds is 4. The molecule has 3 aromatic rings. The highest BCUT2D eigenvalue weighted by molar-refractivity contribution is 9.10. The van der Waals surface area contributed by atoms with E-state index < -0.39 is 0 Å². The first kappa shape index (κ1) is 12.9. The maximum atomic E-state index is 5.74. The van der Waals surface area contributed by atoms with Gasteiger partial charge in [0.15, 0.2) is 5.76 Å². The SMILES string of the molecule is COc1cccc(-c2cnc(Cn3cc(Br)cn3)o2)c1. The van der Waals surface area contributed by atoms with Crippen LogP contribution < -0.4 is 4.74 Å². The van der Waals surface area contributed by atoms with Crippen molar-refractivity contribution in [2.24, 2.45) is 0 Å². The third-order valence-electron chi connectivity index (χ3n) is 2.81. The number of hydrogen-bond acceptors (Lipinski definition) is 4. The first-order chi connectivity index (χ1) is 9.74. The largest absolute Gasteiger partial charge is 0.497 e. The van der Waals surface area contributed by atoms with Gasteiger partial charge in [0, 0.05) is 11.8 Å². The topological polar surface area (TPSA) is 53.1 Å². The monoisotopic (exact) mass is 333 g/mol. The summed E-state index contributed by atoms with van der Waals surface area (Å²) in [4.78, 5) is 4.27. The van der Waals surface area contributed by atoms with Crippen LogP contribution in [0.1, 0.15) is 5.89 Å². The van der Waals surface area contributed by atoms with Gasteiger partial charge < -0.3 is 9.15 Å². The second kappa shape index (κ2) is 5.50. The minimum Gasteiger partial charge on any atom is -0.497 e. The molecule has 102 valence electrons. The lowest BCUT2D eigenvalue weighted by molar-refractivity contribution is 0.414. The molecule has 0 saturated carbocycles. The van der Waals surface area contributed by atoms with E-state index in [1.807, 2.05) is 30.5 Å². The Morgan fingerprint density at radius 1 is 1.35 bits per heavy atom. The molecule has 0 aliphatic carbocycles. The van der Waals surface area contributed by atoms with Crippen molar-refractivity contribution in [2.75, 3.05) is 7.11 Å². The van der Waals surface area contributed by atoms with Crippen LogP contribution in [-0.4, -0.2) is 21.9 Å². The van der Waals surface area contributed by atoms with Gasteiger partial charge in [0.05, 0.1) is 24.0 Å². The van der Waals surface area contributed by atoms with E-state index in [9.17, 15) is 0 Å². The fraction of sp³-hybridized carbons (Fsp3) is 0.143. The van der Waals surface area contributed by atoms with Gasteiger partial charge in [-0.15, -0.1) is 0 Å². The average molecular weight is 334 g/mol. The molecule has 0 aliphatic rings. The van der Waals surface area contributed by atoms with Crippen molar-refractivity contribution in [3.8, 4) is 17.1 Å². The number of methoxy groups -OCH3 is 1. The number of aromatic nitrogens is 3. The lowest BCUT2D eigenvalue weighted by atomic mass is 10.2. The Bertz CT molecular complexity index is 721. The highest BCUT2D eigenvalue weighted by atomic mass is 79.9. The van der Waals surface area contributed by atoms with Gasteiger partial charge in [0.25, 0.3) is 0 Å². The summed E-state index contributed by atoms with van der Waals surface area (Å²) in [7, 11) is 1.64. The zero-order valence-corrected chi connectivity index (χ0v) is 12.4. The summed E-state index contributed by atoms with van der Waals surface area (Å²) in [5.41, 5.74) is 0.935. The number of oxazole rings is 1. The number of benzene rings is 1. The summed E-state index contributed by atoms with van der Waals surface area (Å²) in [6.07, 6.45) is 5.31. The van der Waals surface area contributed by atoms with E-state index in [2.05, 4.69) is 26.0 Å². The van der Waals surface area contributed by atoms with E-state index in [4.69, 9.17) is 9.15 Å². The van der Waals surface area contributed by atoms with Crippen molar-refractivity contribution in [2.45, 2.75) is 6.54 Å². The Labute approximate surface area is 124 Å². The molecule has 0 spiro atoms. The average Bonchev–Trinajstić information content (AvgIpc) is 3.09. The number of hydrogen-bond donors (Lipinski definition) is 0. The quantitative estimate of drug-likeness (QED) is 0.734. The number of nitrogens with zero attached hydrogens (tertiary/aromatic N) is 3. The molecular weight excluding hydrogens is 322 g/mol. The maximum Gasteiger partial charge on any atom is 0.216 e. The molecular formula is C14H12BrN3O2. The van der Waals surface area contributed by atoms with Gasteiger partial charge in [0.1, 0.15) is 12.3 Å². The molecule has 6 heteroatoms. The van der Waals surface area contributed by atoms with Crippen LogP contribution in [0, 0.1) is 0 Å². The molecule has 2 heterocycles. The first-order valence-electron chi connectivity index (χ1n) is 6.01. The van der Waals surface area contributed by atoms with Crippen LogP contribution in [0.4, 0.5) is 0 Å². The predicted octanol–water partition coefficient (Wildman–Crippen LogP) is 3.36.